The van der Waals surface area contributed by atoms with Crippen LogP contribution in [0.4, 0.5) is 0 Å². The van der Waals surface area contributed by atoms with Gasteiger partial charge in [-0.25, -0.2) is 4.98 Å². The van der Waals surface area contributed by atoms with Crippen LogP contribution in [0.1, 0.15) is 18.9 Å². The van der Waals surface area contributed by atoms with E-state index in [9.17, 15) is 0 Å². The van der Waals surface area contributed by atoms with Crippen molar-refractivity contribution in [3.63, 3.8) is 0 Å². The fourth-order valence-electron chi connectivity index (χ4n) is 2.24. The number of imidazole rings is 1. The lowest BCUT2D eigenvalue weighted by atomic mass is 10.1. The molecule has 0 fully saturated rings. The smallest absolute Gasteiger partial charge is 0.139 e. The highest BCUT2D eigenvalue weighted by molar-refractivity contribution is 5.59. The van der Waals surface area contributed by atoms with Gasteiger partial charge in [0.05, 0.1) is 7.11 Å². The van der Waals surface area contributed by atoms with Gasteiger partial charge in [0, 0.05) is 36.6 Å². The number of hydrogen-bond acceptors (Lipinski definition) is 3. The Labute approximate surface area is 114 Å². The van der Waals surface area contributed by atoms with E-state index in [0.717, 1.165) is 42.2 Å². The lowest BCUT2D eigenvalue weighted by Crippen LogP contribution is -2.07. The summed E-state index contributed by atoms with van der Waals surface area (Å²) in [6, 6.07) is 6.21. The summed E-state index contributed by atoms with van der Waals surface area (Å²) in [6.45, 7) is 3.94. The van der Waals surface area contributed by atoms with Crippen molar-refractivity contribution in [1.82, 2.24) is 14.9 Å². The van der Waals surface area contributed by atoms with E-state index < -0.39 is 0 Å². The normalized spacial score (nSPS) is 10.7. The monoisotopic (exact) mass is 259 g/mol. The molecule has 0 spiro atoms. The first-order valence-corrected chi connectivity index (χ1v) is 6.63. The second-order valence-electron chi connectivity index (χ2n) is 4.50. The van der Waals surface area contributed by atoms with Crippen LogP contribution in [-0.4, -0.2) is 23.7 Å². The lowest BCUT2D eigenvalue weighted by molar-refractivity contribution is 0.408. The Kier molecular flexibility index (Phi) is 4.58. The zero-order valence-electron chi connectivity index (χ0n) is 11.8. The Morgan fingerprint density at radius 2 is 2.21 bits per heavy atom. The predicted octanol–water partition coefficient (Wildman–Crippen LogP) is 2.69. The van der Waals surface area contributed by atoms with Gasteiger partial charge in [-0.3, -0.25) is 0 Å². The van der Waals surface area contributed by atoms with E-state index in [2.05, 4.69) is 33.9 Å². The average Bonchev–Trinajstić information content (AvgIpc) is 2.88. The number of ether oxygens (including phenoxy) is 1. The number of nitrogens with one attached hydrogen (secondary N) is 1. The summed E-state index contributed by atoms with van der Waals surface area (Å²) in [5, 5.41) is 3.16. The van der Waals surface area contributed by atoms with Gasteiger partial charge in [0.15, 0.2) is 0 Å². The van der Waals surface area contributed by atoms with Crippen molar-refractivity contribution >= 4 is 0 Å². The number of hydrogen-bond donors (Lipinski definition) is 1. The summed E-state index contributed by atoms with van der Waals surface area (Å²) >= 11 is 0. The SMILES string of the molecule is CCCn1ccnc1-c1ccc(OC)c(CNC)c1. The van der Waals surface area contributed by atoms with Crippen LogP contribution in [0.2, 0.25) is 0 Å². The first-order valence-electron chi connectivity index (χ1n) is 6.63. The Bertz CT molecular complexity index is 534. The minimum Gasteiger partial charge on any atom is -0.496 e. The van der Waals surface area contributed by atoms with Crippen LogP contribution in [0.5, 0.6) is 5.75 Å². The maximum atomic E-state index is 5.38. The lowest BCUT2D eigenvalue weighted by Gasteiger charge is -2.11. The number of aromatic nitrogens is 2. The Hall–Kier alpha value is -1.81. The number of rotatable bonds is 6. The molecule has 0 radical (unpaired) electrons. The summed E-state index contributed by atoms with van der Waals surface area (Å²) < 4.78 is 7.57. The van der Waals surface area contributed by atoms with Crippen molar-refractivity contribution in [1.29, 1.82) is 0 Å². The molecule has 102 valence electrons. The van der Waals surface area contributed by atoms with E-state index in [1.807, 2.05) is 25.5 Å². The summed E-state index contributed by atoms with van der Waals surface area (Å²) in [7, 11) is 3.64. The standard InChI is InChI=1S/C15H21N3O/c1-4-8-18-9-7-17-15(18)12-5-6-14(19-3)13(10-12)11-16-2/h5-7,9-10,16H,4,8,11H2,1-3H3. The van der Waals surface area contributed by atoms with Crippen molar-refractivity contribution in [3.05, 3.63) is 36.2 Å². The summed E-state index contributed by atoms with van der Waals surface area (Å²) in [4.78, 5) is 4.46. The number of aryl methyl sites for hydroxylation is 1. The maximum absolute atomic E-state index is 5.38. The van der Waals surface area contributed by atoms with Gasteiger partial charge in [-0.05, 0) is 31.7 Å². The molecule has 0 aliphatic carbocycles. The van der Waals surface area contributed by atoms with E-state index in [1.54, 1.807) is 7.11 Å². The minimum atomic E-state index is 0.783. The molecule has 1 N–H and O–H groups in total. The van der Waals surface area contributed by atoms with Crippen LogP contribution in [0, 0.1) is 0 Å². The van der Waals surface area contributed by atoms with Gasteiger partial charge >= 0.3 is 0 Å². The fraction of sp³-hybridized carbons (Fsp3) is 0.400. The van der Waals surface area contributed by atoms with Gasteiger partial charge in [-0.1, -0.05) is 6.92 Å². The predicted molar refractivity (Wildman–Crippen MR) is 77.3 cm³/mol. The molecule has 1 aromatic heterocycles. The van der Waals surface area contributed by atoms with E-state index in [-0.39, 0.29) is 0 Å². The molecular weight excluding hydrogens is 238 g/mol. The van der Waals surface area contributed by atoms with Gasteiger partial charge in [0.1, 0.15) is 11.6 Å². The Balaban J connectivity index is 2.39. The highest BCUT2D eigenvalue weighted by atomic mass is 16.5. The largest absolute Gasteiger partial charge is 0.496 e. The molecule has 0 saturated heterocycles. The Morgan fingerprint density at radius 1 is 1.37 bits per heavy atom. The first kappa shape index (κ1) is 13.6. The van der Waals surface area contributed by atoms with Crippen LogP contribution in [0.3, 0.4) is 0 Å². The number of methoxy groups -OCH3 is 1. The van der Waals surface area contributed by atoms with E-state index in [1.165, 1.54) is 0 Å². The fourth-order valence-corrected chi connectivity index (χ4v) is 2.24. The summed E-state index contributed by atoms with van der Waals surface area (Å²) in [6.07, 6.45) is 4.98. The molecular formula is C15H21N3O. The molecule has 4 nitrogen and oxygen atoms in total. The Morgan fingerprint density at radius 3 is 2.89 bits per heavy atom. The molecule has 1 heterocycles. The van der Waals surface area contributed by atoms with Crippen LogP contribution in [-0.2, 0) is 13.1 Å². The topological polar surface area (TPSA) is 39.1 Å². The molecule has 2 rings (SSSR count). The molecule has 0 bridgehead atoms. The van der Waals surface area contributed by atoms with Gasteiger partial charge in [0.2, 0.25) is 0 Å². The summed E-state index contributed by atoms with van der Waals surface area (Å²) in [5.41, 5.74) is 2.28. The van der Waals surface area contributed by atoms with Gasteiger partial charge in [-0.2, -0.15) is 0 Å². The number of benzene rings is 1. The molecule has 0 saturated carbocycles. The van der Waals surface area contributed by atoms with Crippen molar-refractivity contribution in [3.8, 4) is 17.1 Å². The number of nitrogens with zero attached hydrogens (tertiary/aromatic N) is 2. The molecule has 0 amide bonds. The zero-order chi connectivity index (χ0) is 13.7. The zero-order valence-corrected chi connectivity index (χ0v) is 11.8. The molecule has 0 aliphatic heterocycles. The van der Waals surface area contributed by atoms with E-state index in [0.29, 0.717) is 0 Å². The van der Waals surface area contributed by atoms with E-state index in [4.69, 9.17) is 4.74 Å². The van der Waals surface area contributed by atoms with Crippen molar-refractivity contribution in [2.75, 3.05) is 14.2 Å². The molecule has 0 atom stereocenters. The summed E-state index contributed by atoms with van der Waals surface area (Å²) in [5.74, 6) is 1.92. The highest BCUT2D eigenvalue weighted by Crippen LogP contribution is 2.25. The van der Waals surface area contributed by atoms with Crippen molar-refractivity contribution < 1.29 is 4.74 Å². The second kappa shape index (κ2) is 6.38. The molecule has 2 aromatic rings. The van der Waals surface area contributed by atoms with Crippen LogP contribution >= 0.6 is 0 Å². The van der Waals surface area contributed by atoms with E-state index >= 15 is 0 Å². The third-order valence-electron chi connectivity index (χ3n) is 3.09. The van der Waals surface area contributed by atoms with Gasteiger partial charge < -0.3 is 14.6 Å². The van der Waals surface area contributed by atoms with Gasteiger partial charge in [0.25, 0.3) is 0 Å². The minimum absolute atomic E-state index is 0.783. The molecule has 1 aromatic carbocycles. The highest BCUT2D eigenvalue weighted by Gasteiger charge is 2.09. The third kappa shape index (κ3) is 2.96. The molecule has 19 heavy (non-hydrogen) atoms. The second-order valence-corrected chi connectivity index (χ2v) is 4.50. The third-order valence-corrected chi connectivity index (χ3v) is 3.09. The van der Waals surface area contributed by atoms with Crippen LogP contribution in [0.15, 0.2) is 30.6 Å². The molecule has 0 aliphatic rings. The quantitative estimate of drug-likeness (QED) is 0.867. The van der Waals surface area contributed by atoms with Crippen LogP contribution < -0.4 is 10.1 Å². The molecule has 0 unspecified atom stereocenters. The van der Waals surface area contributed by atoms with Gasteiger partial charge in [-0.15, -0.1) is 0 Å². The van der Waals surface area contributed by atoms with Crippen molar-refractivity contribution in [2.24, 2.45) is 0 Å². The van der Waals surface area contributed by atoms with Crippen LogP contribution in [0.25, 0.3) is 11.4 Å². The first-order chi connectivity index (χ1) is 9.30. The maximum Gasteiger partial charge on any atom is 0.139 e. The van der Waals surface area contributed by atoms with Crippen molar-refractivity contribution in [2.45, 2.75) is 26.4 Å². The average molecular weight is 259 g/mol. The molecule has 4 heteroatoms.